The first-order valence-electron chi connectivity index (χ1n) is 5.53. The number of nitrogens with one attached hydrogen (secondary N) is 1. The third-order valence-corrected chi connectivity index (χ3v) is 3.69. The zero-order chi connectivity index (χ0) is 11.8. The molecule has 0 aliphatic heterocycles. The van der Waals surface area contributed by atoms with Gasteiger partial charge in [-0.3, -0.25) is 4.79 Å². The third kappa shape index (κ3) is 1.95. The molecule has 0 spiro atoms. The minimum Gasteiger partial charge on any atom is -0.444 e. The average molecular weight is 295 g/mol. The van der Waals surface area contributed by atoms with E-state index in [2.05, 4.69) is 38.6 Å². The molecule has 5 heteroatoms. The van der Waals surface area contributed by atoms with Crippen molar-refractivity contribution < 1.29 is 9.21 Å². The highest BCUT2D eigenvalue weighted by Crippen LogP contribution is 2.40. The molecule has 2 aliphatic carbocycles. The van der Waals surface area contributed by atoms with Gasteiger partial charge in [-0.2, -0.15) is 5.10 Å². The lowest BCUT2D eigenvalue weighted by Gasteiger charge is -2.31. The summed E-state index contributed by atoms with van der Waals surface area (Å²) in [6.45, 7) is 0. The lowest BCUT2D eigenvalue weighted by Crippen LogP contribution is -2.35. The fourth-order valence-electron chi connectivity index (χ4n) is 2.28. The average Bonchev–Trinajstić information content (AvgIpc) is 2.86. The topological polar surface area (TPSA) is 54.6 Å². The van der Waals surface area contributed by atoms with Gasteiger partial charge in [0.2, 0.25) is 0 Å². The second-order valence-electron chi connectivity index (χ2n) is 4.29. The van der Waals surface area contributed by atoms with Gasteiger partial charge in [-0.25, -0.2) is 5.43 Å². The number of nitrogens with zero attached hydrogens (tertiary/aromatic N) is 1. The molecule has 1 aromatic heterocycles. The summed E-state index contributed by atoms with van der Waals surface area (Å²) < 4.78 is 5.68. The second kappa shape index (κ2) is 4.14. The lowest BCUT2D eigenvalue weighted by molar-refractivity contribution is 0.0925. The molecule has 2 aliphatic rings. The van der Waals surface area contributed by atoms with E-state index in [0.29, 0.717) is 16.5 Å². The summed E-state index contributed by atoms with van der Waals surface area (Å²) in [5, 5.41) is 4.16. The van der Waals surface area contributed by atoms with E-state index in [-0.39, 0.29) is 11.7 Å². The van der Waals surface area contributed by atoms with Gasteiger partial charge >= 0.3 is 5.91 Å². The van der Waals surface area contributed by atoms with Crippen molar-refractivity contribution in [2.75, 3.05) is 0 Å². The van der Waals surface area contributed by atoms with Gasteiger partial charge in [0, 0.05) is 11.6 Å². The molecular formula is C12H11BrN2O2. The molecule has 0 radical (unpaired) electrons. The maximum Gasteiger partial charge on any atom is 0.307 e. The Bertz CT molecular complexity index is 518. The van der Waals surface area contributed by atoms with Crippen molar-refractivity contribution in [1.82, 2.24) is 5.43 Å². The summed E-state index contributed by atoms with van der Waals surface area (Å²) in [4.78, 5) is 11.6. The molecule has 0 saturated heterocycles. The molecule has 2 atom stereocenters. The Kier molecular flexibility index (Phi) is 2.63. The van der Waals surface area contributed by atoms with E-state index in [4.69, 9.17) is 4.42 Å². The van der Waals surface area contributed by atoms with E-state index in [1.54, 1.807) is 12.1 Å². The highest BCUT2D eigenvalue weighted by atomic mass is 79.9. The van der Waals surface area contributed by atoms with E-state index >= 15 is 0 Å². The molecule has 1 aromatic rings. The van der Waals surface area contributed by atoms with Crippen LogP contribution in [0, 0.1) is 11.8 Å². The Hall–Kier alpha value is -1.36. The first-order valence-corrected chi connectivity index (χ1v) is 6.32. The number of rotatable bonds is 2. The van der Waals surface area contributed by atoms with E-state index in [1.807, 2.05) is 0 Å². The Morgan fingerprint density at radius 1 is 1.53 bits per heavy atom. The number of hydrogen-bond donors (Lipinski definition) is 1. The van der Waals surface area contributed by atoms with Crippen LogP contribution < -0.4 is 5.43 Å². The van der Waals surface area contributed by atoms with Crippen molar-refractivity contribution in [3.8, 4) is 0 Å². The van der Waals surface area contributed by atoms with Crippen LogP contribution in [-0.4, -0.2) is 11.6 Å². The van der Waals surface area contributed by atoms with E-state index < -0.39 is 0 Å². The summed E-state index contributed by atoms with van der Waals surface area (Å²) in [5.41, 5.74) is 3.62. The molecule has 0 unspecified atom stereocenters. The number of halogens is 1. The minimum absolute atomic E-state index is 0.265. The van der Waals surface area contributed by atoms with Crippen LogP contribution in [0.5, 0.6) is 0 Å². The van der Waals surface area contributed by atoms with Gasteiger partial charge in [0.1, 0.15) is 0 Å². The Morgan fingerprint density at radius 3 is 3.12 bits per heavy atom. The minimum atomic E-state index is -0.308. The smallest absolute Gasteiger partial charge is 0.307 e. The molecule has 1 heterocycles. The summed E-state index contributed by atoms with van der Waals surface area (Å²) in [5.74, 6) is 1.11. The lowest BCUT2D eigenvalue weighted by atomic mass is 9.74. The molecule has 4 nitrogen and oxygen atoms in total. The molecule has 1 N–H and O–H groups in total. The van der Waals surface area contributed by atoms with Crippen LogP contribution in [-0.2, 0) is 0 Å². The van der Waals surface area contributed by atoms with Gasteiger partial charge < -0.3 is 4.42 Å². The van der Waals surface area contributed by atoms with Gasteiger partial charge in [0.05, 0.1) is 0 Å². The molecule has 0 bridgehead atoms. The van der Waals surface area contributed by atoms with Crippen LogP contribution in [0.3, 0.4) is 0 Å². The summed E-state index contributed by atoms with van der Waals surface area (Å²) in [6.07, 6.45) is 6.42. The van der Waals surface area contributed by atoms with Crippen LogP contribution in [0.1, 0.15) is 23.4 Å². The van der Waals surface area contributed by atoms with Gasteiger partial charge in [-0.15, -0.1) is 0 Å². The normalized spacial score (nSPS) is 27.9. The zero-order valence-electron chi connectivity index (χ0n) is 9.02. The van der Waals surface area contributed by atoms with Crippen molar-refractivity contribution in [3.63, 3.8) is 0 Å². The predicted octanol–water partition coefficient (Wildman–Crippen LogP) is 2.72. The summed E-state index contributed by atoms with van der Waals surface area (Å²) in [7, 11) is 0. The van der Waals surface area contributed by atoms with Crippen molar-refractivity contribution >= 4 is 27.5 Å². The molecule has 1 saturated carbocycles. The fourth-order valence-corrected chi connectivity index (χ4v) is 2.58. The van der Waals surface area contributed by atoms with Crippen molar-refractivity contribution in [3.05, 3.63) is 34.7 Å². The zero-order valence-corrected chi connectivity index (χ0v) is 10.6. The fraction of sp³-hybridized carbons (Fsp3) is 0.333. The monoisotopic (exact) mass is 294 g/mol. The highest BCUT2D eigenvalue weighted by Gasteiger charge is 2.38. The van der Waals surface area contributed by atoms with E-state index in [1.165, 1.54) is 0 Å². The highest BCUT2D eigenvalue weighted by molar-refractivity contribution is 9.10. The van der Waals surface area contributed by atoms with E-state index in [0.717, 1.165) is 18.6 Å². The molecule has 1 fully saturated rings. The molecule has 88 valence electrons. The number of allylic oxidation sites excluding steroid dienone is 2. The van der Waals surface area contributed by atoms with Gasteiger partial charge in [-0.1, -0.05) is 12.2 Å². The Labute approximate surface area is 107 Å². The van der Waals surface area contributed by atoms with Crippen LogP contribution in [0.25, 0.3) is 0 Å². The van der Waals surface area contributed by atoms with E-state index in [9.17, 15) is 4.79 Å². The number of carbonyl (C=O) groups is 1. The molecular weight excluding hydrogens is 284 g/mol. The third-order valence-electron chi connectivity index (χ3n) is 3.26. The van der Waals surface area contributed by atoms with Crippen molar-refractivity contribution in [1.29, 1.82) is 0 Å². The maximum atomic E-state index is 11.6. The number of amides is 1. The van der Waals surface area contributed by atoms with Gasteiger partial charge in [0.15, 0.2) is 10.4 Å². The van der Waals surface area contributed by atoms with Gasteiger partial charge in [-0.05, 0) is 46.8 Å². The number of fused-ring (bicyclic) bond motifs is 1. The van der Waals surface area contributed by atoms with Crippen molar-refractivity contribution in [2.24, 2.45) is 16.9 Å². The standard InChI is InChI=1S/C12H11BrN2O2/c13-11-5-4-10(17-11)12(16)15-14-9-6-7-2-1-3-8(7)9/h1-2,4-5,7-8H,3,6H2,(H,15,16)/t7-,8+/m0/s1. The number of furan rings is 1. The molecule has 1 amide bonds. The summed E-state index contributed by atoms with van der Waals surface area (Å²) in [6, 6.07) is 3.29. The van der Waals surface area contributed by atoms with Crippen LogP contribution in [0.2, 0.25) is 0 Å². The summed E-state index contributed by atoms with van der Waals surface area (Å²) >= 11 is 3.15. The first-order chi connectivity index (χ1) is 8.24. The molecule has 3 rings (SSSR count). The maximum absolute atomic E-state index is 11.6. The number of carbonyl (C=O) groups excluding carboxylic acids is 1. The second-order valence-corrected chi connectivity index (χ2v) is 5.07. The number of hydrazone groups is 1. The van der Waals surface area contributed by atoms with Crippen LogP contribution in [0.4, 0.5) is 0 Å². The molecule has 17 heavy (non-hydrogen) atoms. The SMILES string of the molecule is O=C(NN=C1C[C@@H]2C=CC[C@@H]12)c1ccc(Br)o1. The first kappa shape index (κ1) is 10.8. The van der Waals surface area contributed by atoms with Crippen molar-refractivity contribution in [2.45, 2.75) is 12.8 Å². The Balaban J connectivity index is 1.61. The largest absolute Gasteiger partial charge is 0.444 e. The Morgan fingerprint density at radius 2 is 2.41 bits per heavy atom. The van der Waals surface area contributed by atoms with Crippen LogP contribution >= 0.6 is 15.9 Å². The quantitative estimate of drug-likeness (QED) is 0.673. The van der Waals surface area contributed by atoms with Gasteiger partial charge in [0.25, 0.3) is 0 Å². The van der Waals surface area contributed by atoms with Crippen LogP contribution in [0.15, 0.2) is 38.5 Å². The molecule has 0 aromatic carbocycles. The predicted molar refractivity (Wildman–Crippen MR) is 66.7 cm³/mol. The number of hydrogen-bond acceptors (Lipinski definition) is 3.